The summed E-state index contributed by atoms with van der Waals surface area (Å²) in [5, 5.41) is 3.25. The number of nitrogens with zero attached hydrogens (tertiary/aromatic N) is 2. The van der Waals surface area contributed by atoms with Crippen LogP contribution in [0.15, 0.2) is 11.6 Å². The summed E-state index contributed by atoms with van der Waals surface area (Å²) in [5.74, 6) is 0.755. The molecule has 0 aromatic carbocycles. The molecule has 2 rings (SSSR count). The lowest BCUT2D eigenvalue weighted by atomic mass is 10.0. The Kier molecular flexibility index (Phi) is 3.79. The van der Waals surface area contributed by atoms with Crippen molar-refractivity contribution < 1.29 is 0 Å². The molecule has 0 saturated carbocycles. The second-order valence-electron chi connectivity index (χ2n) is 3.70. The van der Waals surface area contributed by atoms with Gasteiger partial charge in [0.15, 0.2) is 0 Å². The Morgan fingerprint density at radius 3 is 3.21 bits per heavy atom. The van der Waals surface area contributed by atoms with Crippen molar-refractivity contribution in [2.75, 3.05) is 12.4 Å². The first-order valence-corrected chi connectivity index (χ1v) is 6.50. The van der Waals surface area contributed by atoms with E-state index < -0.39 is 0 Å². The fourth-order valence-electron chi connectivity index (χ4n) is 1.95. The molecule has 2 heterocycles. The molecule has 0 aliphatic carbocycles. The molecule has 0 amide bonds. The van der Waals surface area contributed by atoms with Gasteiger partial charge in [-0.25, -0.2) is 4.98 Å². The number of aromatic nitrogens is 1. The molecule has 0 radical (unpaired) electrons. The number of alkyl halides is 1. The summed E-state index contributed by atoms with van der Waals surface area (Å²) in [4.78, 5) is 6.78. The number of rotatable bonds is 3. The molecule has 1 aliphatic rings. The van der Waals surface area contributed by atoms with E-state index in [4.69, 9.17) is 11.6 Å². The molecule has 0 spiro atoms. The normalized spacial score (nSPS) is 23.9. The first-order valence-electron chi connectivity index (χ1n) is 5.08. The maximum Gasteiger partial charge on any atom is 0.107 e. The maximum absolute atomic E-state index is 5.96. The monoisotopic (exact) mass is 230 g/mol. The van der Waals surface area contributed by atoms with Gasteiger partial charge < -0.3 is 0 Å². The minimum absolute atomic E-state index is 0.564. The van der Waals surface area contributed by atoms with Crippen molar-refractivity contribution in [3.8, 4) is 0 Å². The molecule has 0 bridgehead atoms. The highest BCUT2D eigenvalue weighted by Crippen LogP contribution is 2.21. The second-order valence-corrected chi connectivity index (χ2v) is 4.99. The maximum atomic E-state index is 5.96. The van der Waals surface area contributed by atoms with Gasteiger partial charge in [0.1, 0.15) is 5.01 Å². The Hall–Kier alpha value is -0.120. The molecule has 1 saturated heterocycles. The van der Waals surface area contributed by atoms with E-state index in [0.29, 0.717) is 6.04 Å². The van der Waals surface area contributed by atoms with Crippen LogP contribution in [-0.2, 0) is 6.54 Å². The molecule has 1 aliphatic heterocycles. The van der Waals surface area contributed by atoms with E-state index in [-0.39, 0.29) is 0 Å². The number of thiazole rings is 1. The van der Waals surface area contributed by atoms with Crippen LogP contribution in [0.2, 0.25) is 0 Å². The highest BCUT2D eigenvalue weighted by atomic mass is 35.5. The third-order valence-electron chi connectivity index (χ3n) is 2.75. The molecule has 1 unspecified atom stereocenters. The van der Waals surface area contributed by atoms with Crippen molar-refractivity contribution in [1.82, 2.24) is 9.88 Å². The van der Waals surface area contributed by atoms with E-state index in [2.05, 4.69) is 9.88 Å². The smallest absolute Gasteiger partial charge is 0.107 e. The SMILES string of the molecule is ClCC1CCCCN1Cc1nccs1. The fourth-order valence-corrected chi connectivity index (χ4v) is 2.94. The predicted octanol–water partition coefficient (Wildman–Crippen LogP) is 2.74. The molecule has 1 atom stereocenters. The minimum Gasteiger partial charge on any atom is -0.293 e. The third kappa shape index (κ3) is 2.47. The summed E-state index contributed by atoms with van der Waals surface area (Å²) in [6.07, 6.45) is 5.75. The van der Waals surface area contributed by atoms with Gasteiger partial charge in [-0.3, -0.25) is 4.90 Å². The van der Waals surface area contributed by atoms with Crippen LogP contribution in [0.5, 0.6) is 0 Å². The van der Waals surface area contributed by atoms with Gasteiger partial charge in [0.2, 0.25) is 0 Å². The molecule has 4 heteroatoms. The fraction of sp³-hybridized carbons (Fsp3) is 0.700. The number of hydrogen-bond donors (Lipinski definition) is 0. The van der Waals surface area contributed by atoms with E-state index in [9.17, 15) is 0 Å². The number of likely N-dealkylation sites (tertiary alicyclic amines) is 1. The molecule has 0 N–H and O–H groups in total. The van der Waals surface area contributed by atoms with Gasteiger partial charge in [-0.1, -0.05) is 6.42 Å². The third-order valence-corrected chi connectivity index (χ3v) is 3.87. The molecule has 14 heavy (non-hydrogen) atoms. The summed E-state index contributed by atoms with van der Waals surface area (Å²) < 4.78 is 0. The topological polar surface area (TPSA) is 16.1 Å². The molecule has 1 fully saturated rings. The first-order chi connectivity index (χ1) is 6.90. The van der Waals surface area contributed by atoms with Crippen LogP contribution >= 0.6 is 22.9 Å². The van der Waals surface area contributed by atoms with Crippen molar-refractivity contribution in [3.05, 3.63) is 16.6 Å². The van der Waals surface area contributed by atoms with E-state index in [1.807, 2.05) is 11.6 Å². The van der Waals surface area contributed by atoms with Crippen molar-refractivity contribution in [2.45, 2.75) is 31.8 Å². The zero-order valence-electron chi connectivity index (χ0n) is 8.16. The first kappa shape index (κ1) is 10.4. The zero-order valence-corrected chi connectivity index (χ0v) is 9.73. The second kappa shape index (κ2) is 5.10. The Morgan fingerprint density at radius 2 is 2.50 bits per heavy atom. The average molecular weight is 231 g/mol. The summed E-state index contributed by atoms with van der Waals surface area (Å²) in [6.45, 7) is 2.16. The zero-order chi connectivity index (χ0) is 9.80. The van der Waals surface area contributed by atoms with Gasteiger partial charge in [-0.2, -0.15) is 0 Å². The molecule has 1 aromatic heterocycles. The van der Waals surface area contributed by atoms with E-state index in [0.717, 1.165) is 12.4 Å². The molecular weight excluding hydrogens is 216 g/mol. The van der Waals surface area contributed by atoms with E-state index in [1.54, 1.807) is 11.3 Å². The summed E-state index contributed by atoms with van der Waals surface area (Å²) >= 11 is 7.69. The van der Waals surface area contributed by atoms with Crippen LogP contribution in [0.25, 0.3) is 0 Å². The van der Waals surface area contributed by atoms with Crippen LogP contribution in [0.4, 0.5) is 0 Å². The van der Waals surface area contributed by atoms with Gasteiger partial charge in [0.25, 0.3) is 0 Å². The highest BCUT2D eigenvalue weighted by Gasteiger charge is 2.21. The Balaban J connectivity index is 1.94. The average Bonchev–Trinajstić information content (AvgIpc) is 2.71. The van der Waals surface area contributed by atoms with Gasteiger partial charge in [-0.05, 0) is 19.4 Å². The molecule has 2 nitrogen and oxygen atoms in total. The number of halogens is 1. The van der Waals surface area contributed by atoms with Crippen molar-refractivity contribution in [1.29, 1.82) is 0 Å². The largest absolute Gasteiger partial charge is 0.293 e. The van der Waals surface area contributed by atoms with Gasteiger partial charge >= 0.3 is 0 Å². The Labute approximate surface area is 93.9 Å². The van der Waals surface area contributed by atoms with Crippen LogP contribution in [0, 0.1) is 0 Å². The highest BCUT2D eigenvalue weighted by molar-refractivity contribution is 7.09. The van der Waals surface area contributed by atoms with Crippen molar-refractivity contribution >= 4 is 22.9 Å². The Bertz CT molecular complexity index is 263. The lowest BCUT2D eigenvalue weighted by Crippen LogP contribution is -2.39. The summed E-state index contributed by atoms with van der Waals surface area (Å²) in [6, 6.07) is 0.564. The molecular formula is C10H15ClN2S. The lowest BCUT2D eigenvalue weighted by molar-refractivity contribution is 0.155. The van der Waals surface area contributed by atoms with Crippen LogP contribution in [0.3, 0.4) is 0 Å². The molecule has 78 valence electrons. The Morgan fingerprint density at radius 1 is 1.57 bits per heavy atom. The quantitative estimate of drug-likeness (QED) is 0.743. The van der Waals surface area contributed by atoms with Crippen molar-refractivity contribution in [2.24, 2.45) is 0 Å². The van der Waals surface area contributed by atoms with Gasteiger partial charge in [0.05, 0.1) is 6.54 Å². The van der Waals surface area contributed by atoms with Crippen LogP contribution < -0.4 is 0 Å². The van der Waals surface area contributed by atoms with Crippen LogP contribution in [0.1, 0.15) is 24.3 Å². The van der Waals surface area contributed by atoms with Gasteiger partial charge in [0, 0.05) is 23.5 Å². The van der Waals surface area contributed by atoms with E-state index >= 15 is 0 Å². The van der Waals surface area contributed by atoms with E-state index in [1.165, 1.54) is 30.8 Å². The predicted molar refractivity (Wildman–Crippen MR) is 60.9 cm³/mol. The number of piperidine rings is 1. The van der Waals surface area contributed by atoms with Gasteiger partial charge in [-0.15, -0.1) is 22.9 Å². The summed E-state index contributed by atoms with van der Waals surface area (Å²) in [5.41, 5.74) is 0. The number of hydrogen-bond acceptors (Lipinski definition) is 3. The van der Waals surface area contributed by atoms with Crippen LogP contribution in [-0.4, -0.2) is 28.4 Å². The standard InChI is InChI=1S/C10H15ClN2S/c11-7-9-3-1-2-5-13(9)8-10-12-4-6-14-10/h4,6,9H,1-3,5,7-8H2. The lowest BCUT2D eigenvalue weighted by Gasteiger charge is -2.33. The minimum atomic E-state index is 0.564. The van der Waals surface area contributed by atoms with Crippen molar-refractivity contribution in [3.63, 3.8) is 0 Å². The molecule has 1 aromatic rings. The summed E-state index contributed by atoms with van der Waals surface area (Å²) in [7, 11) is 0.